The number of rotatable bonds is 1. The Hall–Kier alpha value is -2.60. The lowest BCUT2D eigenvalue weighted by Crippen LogP contribution is -2.25. The lowest BCUT2D eigenvalue weighted by atomic mass is 10.4. The van der Waals surface area contributed by atoms with E-state index in [4.69, 9.17) is 42.1 Å². The van der Waals surface area contributed by atoms with Crippen LogP contribution in [0, 0.1) is 10.8 Å². The predicted molar refractivity (Wildman–Crippen MR) is 81.5 cm³/mol. The molecule has 128 valence electrons. The first-order valence-corrected chi connectivity index (χ1v) is 5.24. The number of guanidine groups is 2. The number of carboxylic acid groups (broad SMARTS) is 2. The highest BCUT2D eigenvalue weighted by molar-refractivity contribution is 5.72. The minimum absolute atomic E-state index is 0.162. The van der Waals surface area contributed by atoms with E-state index in [0.29, 0.717) is 6.54 Å². The van der Waals surface area contributed by atoms with Crippen LogP contribution in [-0.4, -0.2) is 46.7 Å². The molecule has 0 aromatic heterocycles. The van der Waals surface area contributed by atoms with Gasteiger partial charge in [-0.05, 0) is 6.92 Å². The fourth-order valence-electron chi connectivity index (χ4n) is 0. The number of carbonyl (C=O) groups is 2. The zero-order valence-electron chi connectivity index (χ0n) is 12.5. The molecule has 0 radical (unpaired) electrons. The molecule has 12 nitrogen and oxygen atoms in total. The van der Waals surface area contributed by atoms with Gasteiger partial charge in [0, 0.05) is 26.4 Å². The normalized spacial score (nSPS) is 8.24. The van der Waals surface area contributed by atoms with E-state index in [2.05, 4.69) is 22.9 Å². The number of nitrogens with two attached hydrogens (primary N) is 6. The summed E-state index contributed by atoms with van der Waals surface area (Å²) in [5.74, 6) is -2.33. The molecule has 0 aliphatic carbocycles. The number of carboxylic acids is 2. The maximum atomic E-state index is 9.00. The quantitative estimate of drug-likeness (QED) is 0.174. The van der Waals surface area contributed by atoms with E-state index >= 15 is 0 Å². The Morgan fingerprint density at radius 2 is 1.00 bits per heavy atom. The molecule has 1 unspecified atom stereocenters. The Morgan fingerprint density at radius 3 is 1.00 bits per heavy atom. The first kappa shape index (κ1) is 31.0. The zero-order valence-corrected chi connectivity index (χ0v) is 12.5. The van der Waals surface area contributed by atoms with Gasteiger partial charge in [0.05, 0.1) is 0 Å². The Labute approximate surface area is 123 Å². The summed E-state index contributed by atoms with van der Waals surface area (Å²) in [6, 6.07) is 0.162. The van der Waals surface area contributed by atoms with Crippen LogP contribution < -0.4 is 34.4 Å². The van der Waals surface area contributed by atoms with Crippen LogP contribution in [-0.2, 0) is 9.59 Å². The summed E-state index contributed by atoms with van der Waals surface area (Å²) in [6.07, 6.45) is 0. The van der Waals surface area contributed by atoms with E-state index in [9.17, 15) is 0 Å². The van der Waals surface area contributed by atoms with Crippen molar-refractivity contribution in [1.29, 1.82) is 10.8 Å². The average molecular weight is 312 g/mol. The van der Waals surface area contributed by atoms with Crippen LogP contribution in [0.5, 0.6) is 0 Å². The summed E-state index contributed by atoms with van der Waals surface area (Å²) in [5, 5.41) is 26.9. The number of hydrogen-bond donors (Lipinski definition) is 10. The van der Waals surface area contributed by atoms with Crippen molar-refractivity contribution in [2.24, 2.45) is 34.4 Å². The molecule has 0 amide bonds. The fraction of sp³-hybridized carbons (Fsp3) is 0.556. The second-order valence-electron chi connectivity index (χ2n) is 3.16. The van der Waals surface area contributed by atoms with E-state index in [0.717, 1.165) is 13.8 Å². The molecule has 0 saturated carbocycles. The Bertz CT molecular complexity index is 219. The monoisotopic (exact) mass is 312 g/mol. The van der Waals surface area contributed by atoms with Crippen molar-refractivity contribution in [1.82, 2.24) is 0 Å². The second-order valence-corrected chi connectivity index (χ2v) is 3.16. The average Bonchev–Trinajstić information content (AvgIpc) is 2.13. The third-order valence-electron chi connectivity index (χ3n) is 0.372. The second kappa shape index (κ2) is 26.1. The molecule has 0 saturated heterocycles. The van der Waals surface area contributed by atoms with Crippen LogP contribution in [0.15, 0.2) is 0 Å². The van der Waals surface area contributed by atoms with Gasteiger partial charge >= 0.3 is 0 Å². The lowest BCUT2D eigenvalue weighted by molar-refractivity contribution is -0.135. The molecule has 1 atom stereocenters. The molecule has 0 spiro atoms. The smallest absolute Gasteiger partial charge is 0.300 e. The molecular weight excluding hydrogens is 284 g/mol. The highest BCUT2D eigenvalue weighted by Gasteiger charge is 1.79. The van der Waals surface area contributed by atoms with Crippen molar-refractivity contribution in [3.05, 3.63) is 0 Å². The molecule has 0 heterocycles. The van der Waals surface area contributed by atoms with Gasteiger partial charge < -0.3 is 44.6 Å². The highest BCUT2D eigenvalue weighted by atomic mass is 16.4. The Morgan fingerprint density at radius 1 is 0.952 bits per heavy atom. The van der Waals surface area contributed by atoms with E-state index in [-0.39, 0.29) is 18.0 Å². The number of hydrogen-bond acceptors (Lipinski definition) is 6. The van der Waals surface area contributed by atoms with Gasteiger partial charge in [0.25, 0.3) is 11.9 Å². The van der Waals surface area contributed by atoms with Crippen LogP contribution in [0.4, 0.5) is 0 Å². The van der Waals surface area contributed by atoms with Crippen LogP contribution in [0.1, 0.15) is 20.8 Å². The van der Waals surface area contributed by atoms with Gasteiger partial charge in [0.15, 0.2) is 11.9 Å². The van der Waals surface area contributed by atoms with E-state index < -0.39 is 11.9 Å². The molecule has 12 heteroatoms. The predicted octanol–water partition coefficient (Wildman–Crippen LogP) is -2.85. The zero-order chi connectivity index (χ0) is 18.6. The fourth-order valence-corrected chi connectivity index (χ4v) is 0. The van der Waals surface area contributed by atoms with Gasteiger partial charge in [-0.3, -0.25) is 20.4 Å². The van der Waals surface area contributed by atoms with Crippen molar-refractivity contribution in [2.45, 2.75) is 26.8 Å². The van der Waals surface area contributed by atoms with Gasteiger partial charge in [0.1, 0.15) is 0 Å². The molecule has 0 rings (SSSR count). The van der Waals surface area contributed by atoms with Gasteiger partial charge in [-0.1, -0.05) is 0 Å². The molecule has 21 heavy (non-hydrogen) atoms. The summed E-state index contributed by atoms with van der Waals surface area (Å²) in [7, 11) is 0. The summed E-state index contributed by atoms with van der Waals surface area (Å²) in [4.78, 5) is 18.0. The summed E-state index contributed by atoms with van der Waals surface area (Å²) < 4.78 is 0. The highest BCUT2D eigenvalue weighted by Crippen LogP contribution is 1.59. The minimum atomic E-state index is -0.833. The minimum Gasteiger partial charge on any atom is -0.481 e. The van der Waals surface area contributed by atoms with E-state index in [1.165, 1.54) is 0 Å². The first-order chi connectivity index (χ1) is 9.20. The van der Waals surface area contributed by atoms with Crippen LogP contribution >= 0.6 is 0 Å². The van der Waals surface area contributed by atoms with Crippen molar-refractivity contribution in [3.63, 3.8) is 0 Å². The maximum absolute atomic E-state index is 9.00. The van der Waals surface area contributed by atoms with E-state index in [1.54, 1.807) is 0 Å². The van der Waals surface area contributed by atoms with Crippen molar-refractivity contribution in [3.8, 4) is 0 Å². The first-order valence-electron chi connectivity index (χ1n) is 5.24. The molecule has 0 aromatic carbocycles. The van der Waals surface area contributed by atoms with E-state index in [1.807, 2.05) is 6.92 Å². The van der Waals surface area contributed by atoms with Crippen molar-refractivity contribution >= 4 is 23.9 Å². The maximum Gasteiger partial charge on any atom is 0.300 e. The van der Waals surface area contributed by atoms with Crippen LogP contribution in [0.25, 0.3) is 0 Å². The summed E-state index contributed by atoms with van der Waals surface area (Å²) in [6.45, 7) is 4.62. The van der Waals surface area contributed by atoms with Crippen LogP contribution in [0.3, 0.4) is 0 Å². The summed E-state index contributed by atoms with van der Waals surface area (Å²) in [5.41, 5.74) is 28.1. The SMILES string of the molecule is CC(=O)O.CC(=O)O.CC(N)CN.N=C(N)N.N=C(N)N. The number of aliphatic carboxylic acids is 2. The van der Waals surface area contributed by atoms with Gasteiger partial charge in [0.2, 0.25) is 0 Å². The molecule has 0 bridgehead atoms. The van der Waals surface area contributed by atoms with Gasteiger partial charge in [-0.25, -0.2) is 0 Å². The van der Waals surface area contributed by atoms with Gasteiger partial charge in [-0.15, -0.1) is 0 Å². The largest absolute Gasteiger partial charge is 0.481 e. The van der Waals surface area contributed by atoms with Crippen molar-refractivity contribution < 1.29 is 19.8 Å². The Kier molecular flexibility index (Phi) is 38.5. The molecule has 0 aliphatic rings. The van der Waals surface area contributed by atoms with Crippen molar-refractivity contribution in [2.75, 3.05) is 6.54 Å². The molecular formula is C9H28N8O4. The summed E-state index contributed by atoms with van der Waals surface area (Å²) >= 11 is 0. The lowest BCUT2D eigenvalue weighted by Gasteiger charge is -1.92. The standard InChI is InChI=1S/C3H10N2.2C2H4O2.2CH5N3/c1-3(5)2-4;2*1-2(3)4;2*2-1(3)4/h3H,2,4-5H2,1H3;2*1H3,(H,3,4);2*(H5,2,3,4). The topological polar surface area (TPSA) is 278 Å². The van der Waals surface area contributed by atoms with Crippen LogP contribution in [0.2, 0.25) is 0 Å². The Balaban J connectivity index is -0.0000000510. The molecule has 16 N–H and O–H groups in total. The number of nitrogens with one attached hydrogen (secondary N) is 2. The molecule has 0 aliphatic heterocycles. The van der Waals surface area contributed by atoms with Gasteiger partial charge in [-0.2, -0.15) is 0 Å². The molecule has 0 aromatic rings. The third-order valence-corrected chi connectivity index (χ3v) is 0.372. The third kappa shape index (κ3) is 11500. The molecule has 0 fully saturated rings.